The van der Waals surface area contributed by atoms with Gasteiger partial charge in [-0.2, -0.15) is 0 Å². The van der Waals surface area contributed by atoms with Crippen molar-refractivity contribution in [2.45, 2.75) is 26.9 Å². The van der Waals surface area contributed by atoms with Crippen molar-refractivity contribution in [2.75, 3.05) is 36.9 Å². The van der Waals surface area contributed by atoms with Crippen LogP contribution in [0.5, 0.6) is 0 Å². The van der Waals surface area contributed by atoms with Crippen LogP contribution in [0.3, 0.4) is 0 Å². The van der Waals surface area contributed by atoms with Crippen molar-refractivity contribution < 1.29 is 31.4 Å². The molecule has 0 amide bonds. The lowest BCUT2D eigenvalue weighted by molar-refractivity contribution is -0.677. The summed E-state index contributed by atoms with van der Waals surface area (Å²) < 4.78 is 44.0. The fourth-order valence-electron chi connectivity index (χ4n) is 3.37. The van der Waals surface area contributed by atoms with Crippen LogP contribution >= 0.6 is 22.7 Å². The molecule has 4 aromatic rings. The Balaban J connectivity index is 0.000000892. The minimum absolute atomic E-state index is 0.623. The number of ether oxygens (including phenoxy) is 1. The predicted octanol–water partition coefficient (Wildman–Crippen LogP) is 5.46. The second-order valence-electron chi connectivity index (χ2n) is 8.31. The molecule has 0 fully saturated rings. The van der Waals surface area contributed by atoms with E-state index in [2.05, 4.69) is 54.1 Å². The van der Waals surface area contributed by atoms with E-state index in [1.54, 1.807) is 22.7 Å². The number of nitrogens with zero attached hydrogens (tertiary/aromatic N) is 6. The number of thiazole rings is 2. The van der Waals surface area contributed by atoms with E-state index in [4.69, 9.17) is 22.3 Å². The lowest BCUT2D eigenvalue weighted by atomic mass is 10.3. The van der Waals surface area contributed by atoms with E-state index < -0.39 is 10.4 Å². The number of azo groups is 2. The second-order valence-corrected chi connectivity index (χ2v) is 10.9. The van der Waals surface area contributed by atoms with Crippen molar-refractivity contribution in [3.8, 4) is 0 Å². The summed E-state index contributed by atoms with van der Waals surface area (Å²) in [5, 5.41) is 29.9. The first-order chi connectivity index (χ1) is 20.2. The van der Waals surface area contributed by atoms with Gasteiger partial charge in [0, 0.05) is 45.6 Å². The van der Waals surface area contributed by atoms with Gasteiger partial charge in [-0.15, -0.1) is 0 Å². The number of nitrogens with one attached hydrogen (secondary N) is 2. The molecule has 0 aliphatic carbocycles. The Morgan fingerprint density at radius 2 is 1.10 bits per heavy atom. The molecule has 2 aromatic heterocycles. The smallest absolute Gasteiger partial charge is 0.408 e. The lowest BCUT2D eigenvalue weighted by Crippen LogP contribution is -2.28. The molecule has 13 nitrogen and oxygen atoms in total. The number of aryl methyl sites for hydroxylation is 2. The van der Waals surface area contributed by atoms with Crippen LogP contribution in [0.15, 0.2) is 92.1 Å². The molecule has 224 valence electrons. The normalized spacial score (nSPS) is 11.5. The van der Waals surface area contributed by atoms with Crippen LogP contribution in [-0.4, -0.2) is 43.8 Å². The van der Waals surface area contributed by atoms with E-state index in [1.165, 1.54) is 0 Å². The molecule has 42 heavy (non-hydrogen) atoms. The van der Waals surface area contributed by atoms with Gasteiger partial charge in [-0.3, -0.25) is 8.42 Å². The van der Waals surface area contributed by atoms with Gasteiger partial charge in [-0.1, -0.05) is 0 Å². The standard InChI is InChI=1S/C26H30N8OS2.H2O4S/c1-3-33-15-19-36-25(33)31-29-23-9-5-21(6-10-23)27-13-17-35-18-14-28-22-7-11-24(12-8-22)30-32-26-34(4-2)16-20-37-26;1-5(2,3)4/h5-12,15-16,19-20H,3-4,13-14,17-18H2,1-2H3;(H2,1,2,3,4). The highest BCUT2D eigenvalue weighted by Crippen LogP contribution is 2.22. The molecule has 16 heteroatoms. The van der Waals surface area contributed by atoms with Gasteiger partial charge >= 0.3 is 10.3 Å². The van der Waals surface area contributed by atoms with Crippen LogP contribution in [0.1, 0.15) is 13.8 Å². The molecule has 0 saturated carbocycles. The Morgan fingerprint density at radius 1 is 0.714 bits per heavy atom. The third-order valence-corrected chi connectivity index (χ3v) is 6.96. The average Bonchev–Trinajstić information content (AvgIpc) is 3.63. The van der Waals surface area contributed by atoms with Gasteiger partial charge in [0.1, 0.15) is 23.8 Å². The Labute approximate surface area is 252 Å². The summed E-state index contributed by atoms with van der Waals surface area (Å²) in [7, 11) is -5.17. The topological polar surface area (TPSA) is 171 Å². The van der Waals surface area contributed by atoms with Crippen molar-refractivity contribution in [3.05, 3.63) is 71.7 Å². The third kappa shape index (κ3) is 12.5. The predicted molar refractivity (Wildman–Crippen MR) is 160 cm³/mol. The van der Waals surface area contributed by atoms with E-state index in [-0.39, 0.29) is 0 Å². The molecule has 0 atom stereocenters. The minimum atomic E-state index is -5.17. The molecule has 0 radical (unpaired) electrons. The number of hydrogen-bond donors (Lipinski definition) is 2. The summed E-state index contributed by atoms with van der Waals surface area (Å²) in [4.78, 5) is 0. The molecule has 0 bridgehead atoms. The summed E-state index contributed by atoms with van der Waals surface area (Å²) in [6.45, 7) is 8.66. The number of hydrogen-bond acceptors (Lipinski definition) is 13. The maximum Gasteiger partial charge on any atom is 0.408 e. The molecule has 2 aromatic carbocycles. The van der Waals surface area contributed by atoms with Crippen LogP contribution in [0.2, 0.25) is 0 Å². The van der Waals surface area contributed by atoms with E-state index >= 15 is 0 Å². The average molecular weight is 633 g/mol. The van der Waals surface area contributed by atoms with Crippen molar-refractivity contribution in [1.29, 1.82) is 0 Å². The lowest BCUT2D eigenvalue weighted by Gasteiger charge is -2.09. The fourth-order valence-corrected chi connectivity index (χ4v) is 4.85. The Morgan fingerprint density at radius 3 is 1.45 bits per heavy atom. The van der Waals surface area contributed by atoms with Crippen molar-refractivity contribution in [3.63, 3.8) is 0 Å². The first-order valence-electron chi connectivity index (χ1n) is 12.9. The Hall–Kier alpha value is -3.67. The molecule has 0 unspecified atom stereocenters. The third-order valence-electron chi connectivity index (χ3n) is 5.39. The Kier molecular flexibility index (Phi) is 13.5. The molecule has 2 heterocycles. The zero-order chi connectivity index (χ0) is 30.2. The summed E-state index contributed by atoms with van der Waals surface area (Å²) in [5.41, 5.74) is 3.71. The molecule has 0 saturated heterocycles. The fraction of sp³-hybridized carbons (Fsp3) is 0.308. The van der Waals surface area contributed by atoms with Crippen molar-refractivity contribution in [1.82, 2.24) is 0 Å². The van der Waals surface area contributed by atoms with Gasteiger partial charge in [0.05, 0.1) is 36.5 Å². The number of anilines is 2. The van der Waals surface area contributed by atoms with Gasteiger partial charge in [0.25, 0.3) is 0 Å². The SMILES string of the molecule is CC[n+]1ccsc1N=Nc1ccc(NCCOCCNc2ccc(N=Nc3scc[n+]3CC)cc2)cc1.O=S(=O)([O-])[O-]. The molecule has 2 N–H and O–H groups in total. The van der Waals surface area contributed by atoms with Gasteiger partial charge in [-0.05, 0) is 95.3 Å². The van der Waals surface area contributed by atoms with Crippen LogP contribution in [0, 0.1) is 0 Å². The van der Waals surface area contributed by atoms with Gasteiger partial charge in [0.15, 0.2) is 0 Å². The van der Waals surface area contributed by atoms with E-state index in [0.29, 0.717) is 13.2 Å². The van der Waals surface area contributed by atoms with Gasteiger partial charge in [-0.25, -0.2) is 9.13 Å². The summed E-state index contributed by atoms with van der Waals surface area (Å²) in [6, 6.07) is 15.8. The van der Waals surface area contributed by atoms with Gasteiger partial charge in [0.2, 0.25) is 0 Å². The monoisotopic (exact) mass is 632 g/mol. The van der Waals surface area contributed by atoms with Crippen molar-refractivity contribution in [2.24, 2.45) is 20.5 Å². The number of rotatable bonds is 14. The van der Waals surface area contributed by atoms with Crippen LogP contribution in [-0.2, 0) is 28.2 Å². The highest BCUT2D eigenvalue weighted by Gasteiger charge is 2.10. The first kappa shape index (κ1) is 32.8. The highest BCUT2D eigenvalue weighted by atomic mass is 32.3. The molecular formula is C26H32N8O5S3. The molecule has 0 spiro atoms. The largest absolute Gasteiger partial charge is 0.759 e. The quantitative estimate of drug-likeness (QED) is 0.0611. The molecular weight excluding hydrogens is 601 g/mol. The van der Waals surface area contributed by atoms with Crippen LogP contribution in [0.25, 0.3) is 0 Å². The summed E-state index contributed by atoms with van der Waals surface area (Å²) in [6.07, 6.45) is 4.04. The van der Waals surface area contributed by atoms with E-state index in [9.17, 15) is 0 Å². The van der Waals surface area contributed by atoms with Crippen LogP contribution < -0.4 is 19.8 Å². The Bertz CT molecular complexity index is 1410. The number of aromatic nitrogens is 2. The highest BCUT2D eigenvalue weighted by molar-refractivity contribution is 7.79. The van der Waals surface area contributed by atoms with Crippen LogP contribution in [0.4, 0.5) is 33.0 Å². The summed E-state index contributed by atoms with van der Waals surface area (Å²) in [5.74, 6) is 0. The second kappa shape index (κ2) is 17.3. The van der Waals surface area contributed by atoms with Crippen molar-refractivity contribution >= 4 is 66.1 Å². The van der Waals surface area contributed by atoms with E-state index in [0.717, 1.165) is 59.2 Å². The molecule has 0 aliphatic rings. The summed E-state index contributed by atoms with van der Waals surface area (Å²) >= 11 is 3.16. The van der Waals surface area contributed by atoms with E-state index in [1.807, 2.05) is 71.7 Å². The molecule has 4 rings (SSSR count). The first-order valence-corrected chi connectivity index (χ1v) is 16.0. The molecule has 0 aliphatic heterocycles. The maximum atomic E-state index is 8.52. The number of benzene rings is 2. The van der Waals surface area contributed by atoms with Gasteiger partial charge < -0.3 is 24.5 Å². The zero-order valence-corrected chi connectivity index (χ0v) is 25.6. The maximum absolute atomic E-state index is 8.52. The zero-order valence-electron chi connectivity index (χ0n) is 23.1. The minimum Gasteiger partial charge on any atom is -0.759 e.